The van der Waals surface area contributed by atoms with Gasteiger partial charge in [-0.1, -0.05) is 17.7 Å². The molecule has 3 heteroatoms. The summed E-state index contributed by atoms with van der Waals surface area (Å²) in [6, 6.07) is 8.29. The van der Waals surface area contributed by atoms with Crippen LogP contribution in [0.3, 0.4) is 0 Å². The molecule has 0 aromatic heterocycles. The SMILES string of the molecule is Cc1ccc(OCCCN2CCCNCC2(C)C)cc1. The summed E-state index contributed by atoms with van der Waals surface area (Å²) in [7, 11) is 0. The summed E-state index contributed by atoms with van der Waals surface area (Å²) < 4.78 is 5.81. The van der Waals surface area contributed by atoms with Crippen LogP contribution in [0.2, 0.25) is 0 Å². The van der Waals surface area contributed by atoms with Crippen LogP contribution in [0.15, 0.2) is 24.3 Å². The van der Waals surface area contributed by atoms with Gasteiger partial charge in [0.1, 0.15) is 5.75 Å². The fourth-order valence-corrected chi connectivity index (χ4v) is 2.70. The average Bonchev–Trinajstić information content (AvgIpc) is 2.58. The molecule has 1 heterocycles. The molecule has 1 aliphatic heterocycles. The van der Waals surface area contributed by atoms with Crippen LogP contribution in [0.4, 0.5) is 0 Å². The lowest BCUT2D eigenvalue weighted by atomic mass is 10.0. The summed E-state index contributed by atoms with van der Waals surface area (Å²) >= 11 is 0. The molecule has 112 valence electrons. The van der Waals surface area contributed by atoms with Gasteiger partial charge in [-0.15, -0.1) is 0 Å². The molecular weight excluding hydrogens is 248 g/mol. The zero-order valence-corrected chi connectivity index (χ0v) is 13.1. The highest BCUT2D eigenvalue weighted by Crippen LogP contribution is 2.17. The summed E-state index contributed by atoms with van der Waals surface area (Å²) in [5.74, 6) is 0.979. The van der Waals surface area contributed by atoms with Gasteiger partial charge >= 0.3 is 0 Å². The third-order valence-electron chi connectivity index (χ3n) is 4.06. The normalized spacial score (nSPS) is 19.6. The van der Waals surface area contributed by atoms with E-state index in [2.05, 4.69) is 55.3 Å². The zero-order valence-electron chi connectivity index (χ0n) is 13.1. The Hall–Kier alpha value is -1.06. The van der Waals surface area contributed by atoms with Crippen molar-refractivity contribution in [3.8, 4) is 5.75 Å². The van der Waals surface area contributed by atoms with E-state index >= 15 is 0 Å². The van der Waals surface area contributed by atoms with Crippen molar-refractivity contribution in [3.05, 3.63) is 29.8 Å². The second kappa shape index (κ2) is 7.09. The molecule has 0 radical (unpaired) electrons. The van der Waals surface area contributed by atoms with Gasteiger partial charge in [-0.3, -0.25) is 4.90 Å². The van der Waals surface area contributed by atoms with Crippen LogP contribution in [0.5, 0.6) is 5.75 Å². The van der Waals surface area contributed by atoms with Crippen molar-refractivity contribution >= 4 is 0 Å². The Balaban J connectivity index is 1.73. The molecule has 20 heavy (non-hydrogen) atoms. The molecule has 0 atom stereocenters. The van der Waals surface area contributed by atoms with E-state index in [4.69, 9.17) is 4.74 Å². The van der Waals surface area contributed by atoms with E-state index in [1.54, 1.807) is 0 Å². The minimum Gasteiger partial charge on any atom is -0.494 e. The topological polar surface area (TPSA) is 24.5 Å². The molecule has 2 rings (SSSR count). The smallest absolute Gasteiger partial charge is 0.119 e. The van der Waals surface area contributed by atoms with E-state index in [9.17, 15) is 0 Å². The molecule has 0 spiro atoms. The van der Waals surface area contributed by atoms with E-state index in [0.29, 0.717) is 0 Å². The first-order valence-electron chi connectivity index (χ1n) is 7.73. The molecule has 0 aliphatic carbocycles. The van der Waals surface area contributed by atoms with Crippen molar-refractivity contribution in [2.45, 2.75) is 39.2 Å². The Bertz CT molecular complexity index is 400. The highest BCUT2D eigenvalue weighted by molar-refractivity contribution is 5.26. The minimum absolute atomic E-state index is 0.250. The number of rotatable bonds is 5. The minimum atomic E-state index is 0.250. The fourth-order valence-electron chi connectivity index (χ4n) is 2.70. The largest absolute Gasteiger partial charge is 0.494 e. The fraction of sp³-hybridized carbons (Fsp3) is 0.647. The maximum atomic E-state index is 5.81. The van der Waals surface area contributed by atoms with Crippen LogP contribution in [-0.2, 0) is 0 Å². The van der Waals surface area contributed by atoms with E-state index < -0.39 is 0 Å². The predicted molar refractivity (Wildman–Crippen MR) is 84.4 cm³/mol. The second-order valence-electron chi connectivity index (χ2n) is 6.34. The Morgan fingerprint density at radius 2 is 2.00 bits per heavy atom. The van der Waals surface area contributed by atoms with Gasteiger partial charge in [-0.25, -0.2) is 0 Å². The Morgan fingerprint density at radius 1 is 1.25 bits per heavy atom. The number of nitrogens with zero attached hydrogens (tertiary/aromatic N) is 1. The summed E-state index contributed by atoms with van der Waals surface area (Å²) in [4.78, 5) is 2.59. The van der Waals surface area contributed by atoms with Crippen LogP contribution in [-0.4, -0.2) is 43.2 Å². The monoisotopic (exact) mass is 276 g/mol. The van der Waals surface area contributed by atoms with Gasteiger partial charge in [0.2, 0.25) is 0 Å². The van der Waals surface area contributed by atoms with E-state index in [1.165, 1.54) is 18.5 Å². The molecule has 0 saturated carbocycles. The number of benzene rings is 1. The lowest BCUT2D eigenvalue weighted by Crippen LogP contribution is -2.49. The van der Waals surface area contributed by atoms with Gasteiger partial charge in [0.05, 0.1) is 6.61 Å². The highest BCUT2D eigenvalue weighted by Gasteiger charge is 2.27. The number of aryl methyl sites for hydroxylation is 1. The van der Waals surface area contributed by atoms with Gasteiger partial charge in [0.25, 0.3) is 0 Å². The van der Waals surface area contributed by atoms with Crippen LogP contribution < -0.4 is 10.1 Å². The average molecular weight is 276 g/mol. The molecule has 1 aromatic carbocycles. The van der Waals surface area contributed by atoms with Gasteiger partial charge in [-0.2, -0.15) is 0 Å². The molecular formula is C17H28N2O. The third kappa shape index (κ3) is 4.50. The molecule has 1 fully saturated rings. The first-order chi connectivity index (χ1) is 9.58. The Morgan fingerprint density at radius 3 is 2.75 bits per heavy atom. The van der Waals surface area contributed by atoms with Crippen molar-refractivity contribution in [1.82, 2.24) is 10.2 Å². The number of nitrogens with one attached hydrogen (secondary N) is 1. The zero-order chi connectivity index (χ0) is 14.4. The molecule has 3 nitrogen and oxygen atoms in total. The first-order valence-corrected chi connectivity index (χ1v) is 7.73. The molecule has 1 N–H and O–H groups in total. The van der Waals surface area contributed by atoms with Crippen LogP contribution in [0.25, 0.3) is 0 Å². The number of hydrogen-bond acceptors (Lipinski definition) is 3. The Labute approximate surface area is 123 Å². The van der Waals surface area contributed by atoms with E-state index in [1.807, 2.05) is 0 Å². The van der Waals surface area contributed by atoms with Crippen molar-refractivity contribution in [2.24, 2.45) is 0 Å². The maximum absolute atomic E-state index is 5.81. The molecule has 0 bridgehead atoms. The lowest BCUT2D eigenvalue weighted by molar-refractivity contribution is 0.123. The Kier molecular flexibility index (Phi) is 5.44. The number of hydrogen-bond donors (Lipinski definition) is 1. The van der Waals surface area contributed by atoms with E-state index in [0.717, 1.165) is 38.4 Å². The molecule has 1 saturated heterocycles. The first kappa shape index (κ1) is 15.3. The van der Waals surface area contributed by atoms with Crippen molar-refractivity contribution < 1.29 is 4.74 Å². The van der Waals surface area contributed by atoms with Gasteiger partial charge in [0, 0.05) is 18.6 Å². The van der Waals surface area contributed by atoms with Crippen LogP contribution in [0, 0.1) is 6.92 Å². The standard InChI is InChI=1S/C17H28N2O/c1-15-6-8-16(9-7-15)20-13-5-12-19-11-4-10-18-14-17(19,2)3/h6-9,18H,4-5,10-14H2,1-3H3. The lowest BCUT2D eigenvalue weighted by Gasteiger charge is -2.36. The molecule has 1 aliphatic rings. The number of ether oxygens (including phenoxy) is 1. The third-order valence-corrected chi connectivity index (χ3v) is 4.06. The van der Waals surface area contributed by atoms with Crippen molar-refractivity contribution in [1.29, 1.82) is 0 Å². The van der Waals surface area contributed by atoms with Crippen molar-refractivity contribution in [2.75, 3.05) is 32.8 Å². The summed E-state index contributed by atoms with van der Waals surface area (Å²) in [6.45, 7) is 12.1. The molecule has 0 unspecified atom stereocenters. The summed E-state index contributed by atoms with van der Waals surface area (Å²) in [5, 5.41) is 3.52. The molecule has 1 aromatic rings. The van der Waals surface area contributed by atoms with Crippen LogP contribution in [0.1, 0.15) is 32.3 Å². The predicted octanol–water partition coefficient (Wildman–Crippen LogP) is 2.84. The van der Waals surface area contributed by atoms with Gasteiger partial charge < -0.3 is 10.1 Å². The summed E-state index contributed by atoms with van der Waals surface area (Å²) in [5.41, 5.74) is 1.52. The quantitative estimate of drug-likeness (QED) is 0.837. The maximum Gasteiger partial charge on any atom is 0.119 e. The van der Waals surface area contributed by atoms with Gasteiger partial charge in [-0.05, 0) is 58.8 Å². The van der Waals surface area contributed by atoms with Crippen molar-refractivity contribution in [3.63, 3.8) is 0 Å². The van der Waals surface area contributed by atoms with E-state index in [-0.39, 0.29) is 5.54 Å². The summed E-state index contributed by atoms with van der Waals surface area (Å²) in [6.07, 6.45) is 2.32. The molecule has 0 amide bonds. The highest BCUT2D eigenvalue weighted by atomic mass is 16.5. The second-order valence-corrected chi connectivity index (χ2v) is 6.34. The van der Waals surface area contributed by atoms with Gasteiger partial charge in [0.15, 0.2) is 0 Å². The van der Waals surface area contributed by atoms with Crippen LogP contribution >= 0.6 is 0 Å².